The Labute approximate surface area is 114 Å². The van der Waals surface area contributed by atoms with Crippen LogP contribution in [-0.2, 0) is 4.79 Å². The molecule has 1 rings (SSSR count). The van der Waals surface area contributed by atoms with E-state index in [1.165, 1.54) is 24.3 Å². The lowest BCUT2D eigenvalue weighted by Crippen LogP contribution is -2.41. The van der Waals surface area contributed by atoms with E-state index in [0.29, 0.717) is 12.2 Å². The van der Waals surface area contributed by atoms with Crippen molar-refractivity contribution in [3.63, 3.8) is 0 Å². The van der Waals surface area contributed by atoms with Crippen molar-refractivity contribution in [2.75, 3.05) is 18.4 Å². The Bertz CT molecular complexity index is 452. The van der Waals surface area contributed by atoms with Crippen molar-refractivity contribution in [1.29, 1.82) is 0 Å². The number of alkyl halides is 2. The number of anilines is 1. The number of rotatable bonds is 6. The van der Waals surface area contributed by atoms with Gasteiger partial charge in [0.2, 0.25) is 5.91 Å². The predicted octanol–water partition coefficient (Wildman–Crippen LogP) is 1.55. The average molecular weight is 287 g/mol. The number of carbonyl (C=O) groups is 2. The van der Waals surface area contributed by atoms with Gasteiger partial charge < -0.3 is 15.4 Å². The van der Waals surface area contributed by atoms with E-state index in [-0.39, 0.29) is 12.3 Å². The summed E-state index contributed by atoms with van der Waals surface area (Å²) in [6.45, 7) is -0.855. The summed E-state index contributed by atoms with van der Waals surface area (Å²) in [4.78, 5) is 22.4. The largest absolute Gasteiger partial charge is 0.435 e. The van der Waals surface area contributed by atoms with E-state index in [1.807, 2.05) is 0 Å². The van der Waals surface area contributed by atoms with Gasteiger partial charge in [0.25, 0.3) is 0 Å². The molecule has 0 spiro atoms. The first-order chi connectivity index (χ1) is 9.51. The zero-order valence-electron chi connectivity index (χ0n) is 10.8. The van der Waals surface area contributed by atoms with Crippen molar-refractivity contribution in [2.45, 2.75) is 13.5 Å². The maximum absolute atomic E-state index is 11.9. The van der Waals surface area contributed by atoms with E-state index in [9.17, 15) is 18.4 Å². The van der Waals surface area contributed by atoms with Crippen LogP contribution >= 0.6 is 0 Å². The number of nitrogens with one attached hydrogen (secondary N) is 3. The Hall–Kier alpha value is -2.38. The summed E-state index contributed by atoms with van der Waals surface area (Å²) in [5.74, 6) is -0.485. The van der Waals surface area contributed by atoms with Crippen LogP contribution in [0, 0.1) is 0 Å². The third-order valence-corrected chi connectivity index (χ3v) is 2.12. The lowest BCUT2D eigenvalue weighted by atomic mass is 10.3. The smallest absolute Gasteiger partial charge is 0.387 e. The monoisotopic (exact) mass is 287 g/mol. The highest BCUT2D eigenvalue weighted by atomic mass is 19.3. The first kappa shape index (κ1) is 15.7. The molecule has 3 N–H and O–H groups in total. The van der Waals surface area contributed by atoms with Gasteiger partial charge in [0.15, 0.2) is 0 Å². The second kappa shape index (κ2) is 7.93. The molecular weight excluding hydrogens is 272 g/mol. The summed E-state index contributed by atoms with van der Waals surface area (Å²) in [5.41, 5.74) is 0.540. The number of carbonyl (C=O) groups excluding carboxylic acids is 2. The summed E-state index contributed by atoms with van der Waals surface area (Å²) in [7, 11) is 0. The van der Waals surface area contributed by atoms with Crippen LogP contribution in [0.25, 0.3) is 0 Å². The zero-order chi connectivity index (χ0) is 15.0. The number of hydrogen-bond donors (Lipinski definition) is 3. The van der Waals surface area contributed by atoms with Gasteiger partial charge in [0.1, 0.15) is 5.75 Å². The number of hydrogen-bond acceptors (Lipinski definition) is 4. The molecule has 0 fully saturated rings. The molecular formula is C12H15F2N3O3. The summed E-state index contributed by atoms with van der Waals surface area (Å²) in [5, 5.41) is 7.26. The fourth-order valence-corrected chi connectivity index (χ4v) is 1.31. The molecule has 0 unspecified atom stereocenters. The molecule has 6 nitrogen and oxygen atoms in total. The number of halogens is 2. The molecule has 3 amide bonds. The Morgan fingerprint density at radius 3 is 2.45 bits per heavy atom. The van der Waals surface area contributed by atoms with Crippen molar-refractivity contribution >= 4 is 17.6 Å². The maximum Gasteiger partial charge on any atom is 0.387 e. The highest BCUT2D eigenvalue weighted by Gasteiger charge is 2.07. The maximum atomic E-state index is 11.9. The third-order valence-electron chi connectivity index (χ3n) is 2.12. The minimum absolute atomic E-state index is 0.0253. The summed E-state index contributed by atoms with van der Waals surface area (Å²) >= 11 is 0. The Kier molecular flexibility index (Phi) is 6.21. The van der Waals surface area contributed by atoms with Gasteiger partial charge in [-0.15, -0.1) is 0 Å². The van der Waals surface area contributed by atoms with Crippen LogP contribution in [0.2, 0.25) is 0 Å². The second-order valence-electron chi connectivity index (χ2n) is 3.66. The van der Waals surface area contributed by atoms with Crippen LogP contribution in [0.15, 0.2) is 24.3 Å². The number of imide groups is 1. The van der Waals surface area contributed by atoms with Crippen LogP contribution < -0.4 is 20.7 Å². The van der Waals surface area contributed by atoms with Gasteiger partial charge in [-0.3, -0.25) is 10.1 Å². The molecule has 0 saturated carbocycles. The molecule has 1 aromatic carbocycles. The fourth-order valence-electron chi connectivity index (χ4n) is 1.31. The lowest BCUT2D eigenvalue weighted by Gasteiger charge is -2.08. The van der Waals surface area contributed by atoms with E-state index in [4.69, 9.17) is 0 Å². The van der Waals surface area contributed by atoms with Crippen LogP contribution in [-0.4, -0.2) is 31.6 Å². The molecule has 0 aliphatic rings. The number of amides is 3. The van der Waals surface area contributed by atoms with Crippen molar-refractivity contribution in [1.82, 2.24) is 10.6 Å². The molecule has 1 aromatic rings. The molecule has 110 valence electrons. The predicted molar refractivity (Wildman–Crippen MR) is 68.8 cm³/mol. The Morgan fingerprint density at radius 2 is 1.90 bits per heavy atom. The van der Waals surface area contributed by atoms with E-state index < -0.39 is 18.5 Å². The topological polar surface area (TPSA) is 79.5 Å². The van der Waals surface area contributed by atoms with Crippen LogP contribution in [0.5, 0.6) is 5.75 Å². The molecule has 0 aliphatic carbocycles. The highest BCUT2D eigenvalue weighted by molar-refractivity contribution is 5.96. The van der Waals surface area contributed by atoms with Crippen molar-refractivity contribution < 1.29 is 23.1 Å². The van der Waals surface area contributed by atoms with Crippen molar-refractivity contribution in [3.8, 4) is 5.75 Å². The molecule has 0 bridgehead atoms. The number of urea groups is 1. The SMILES string of the molecule is CCNC(=O)NC(=O)CNc1ccc(OC(F)F)cc1. The number of benzene rings is 1. The molecule has 0 aromatic heterocycles. The molecule has 8 heteroatoms. The van der Waals surface area contributed by atoms with Gasteiger partial charge in [-0.1, -0.05) is 0 Å². The average Bonchev–Trinajstić information content (AvgIpc) is 2.37. The summed E-state index contributed by atoms with van der Waals surface area (Å²) in [6, 6.07) is 5.08. The van der Waals surface area contributed by atoms with Crippen LogP contribution in [0.4, 0.5) is 19.3 Å². The van der Waals surface area contributed by atoms with Crippen molar-refractivity contribution in [3.05, 3.63) is 24.3 Å². The van der Waals surface area contributed by atoms with Gasteiger partial charge in [0, 0.05) is 12.2 Å². The molecule has 0 atom stereocenters. The minimum atomic E-state index is -2.88. The standard InChI is InChI=1S/C12H15F2N3O3/c1-2-15-12(19)17-10(18)7-16-8-3-5-9(6-4-8)20-11(13)14/h3-6,11,16H,2,7H2,1H3,(H2,15,17,18,19). The first-order valence-electron chi connectivity index (χ1n) is 5.87. The van der Waals surface area contributed by atoms with Crippen molar-refractivity contribution in [2.24, 2.45) is 0 Å². The van der Waals surface area contributed by atoms with E-state index in [0.717, 1.165) is 0 Å². The van der Waals surface area contributed by atoms with E-state index in [1.54, 1.807) is 6.92 Å². The molecule has 0 heterocycles. The molecule has 20 heavy (non-hydrogen) atoms. The molecule has 0 aliphatic heterocycles. The second-order valence-corrected chi connectivity index (χ2v) is 3.66. The van der Waals surface area contributed by atoms with Crippen LogP contribution in [0.3, 0.4) is 0 Å². The Morgan fingerprint density at radius 1 is 1.25 bits per heavy atom. The normalized spacial score (nSPS) is 10.0. The summed E-state index contributed by atoms with van der Waals surface area (Å²) < 4.78 is 28.0. The molecule has 0 radical (unpaired) electrons. The third kappa shape index (κ3) is 5.98. The van der Waals surface area contributed by atoms with Gasteiger partial charge in [-0.25, -0.2) is 4.79 Å². The van der Waals surface area contributed by atoms with Gasteiger partial charge in [0.05, 0.1) is 6.54 Å². The van der Waals surface area contributed by atoms with E-state index in [2.05, 4.69) is 20.7 Å². The number of ether oxygens (including phenoxy) is 1. The van der Waals surface area contributed by atoms with Gasteiger partial charge >= 0.3 is 12.6 Å². The highest BCUT2D eigenvalue weighted by Crippen LogP contribution is 2.17. The molecule has 0 saturated heterocycles. The quantitative estimate of drug-likeness (QED) is 0.741. The summed E-state index contributed by atoms with van der Waals surface area (Å²) in [6.07, 6.45) is 0. The van der Waals surface area contributed by atoms with Crippen LogP contribution in [0.1, 0.15) is 6.92 Å². The zero-order valence-corrected chi connectivity index (χ0v) is 10.8. The fraction of sp³-hybridized carbons (Fsp3) is 0.333. The lowest BCUT2D eigenvalue weighted by molar-refractivity contribution is -0.118. The van der Waals surface area contributed by atoms with Gasteiger partial charge in [-0.2, -0.15) is 8.78 Å². The minimum Gasteiger partial charge on any atom is -0.435 e. The van der Waals surface area contributed by atoms with Gasteiger partial charge in [-0.05, 0) is 31.2 Å². The Balaban J connectivity index is 2.38. The first-order valence-corrected chi connectivity index (χ1v) is 5.87. The van der Waals surface area contributed by atoms with E-state index >= 15 is 0 Å².